The van der Waals surface area contributed by atoms with E-state index in [0.29, 0.717) is 16.3 Å². The summed E-state index contributed by atoms with van der Waals surface area (Å²) in [6, 6.07) is 9.51. The number of phenolic OH excluding ortho intramolecular Hbond substituents is 1. The van der Waals surface area contributed by atoms with Crippen LogP contribution in [0.5, 0.6) is 11.5 Å². The average molecular weight is 598 g/mol. The molecule has 1 unspecified atom stereocenters. The van der Waals surface area contributed by atoms with E-state index in [-0.39, 0.29) is 41.0 Å². The maximum absolute atomic E-state index is 12.6. The third kappa shape index (κ3) is 5.57. The number of benzene rings is 2. The number of hydrogen-bond donors (Lipinski definition) is 4. The van der Waals surface area contributed by atoms with E-state index in [1.165, 1.54) is 34.5 Å². The summed E-state index contributed by atoms with van der Waals surface area (Å²) in [6.07, 6.45) is 0.249. The molecule has 0 aliphatic heterocycles. The molecule has 36 heavy (non-hydrogen) atoms. The summed E-state index contributed by atoms with van der Waals surface area (Å²) in [5.41, 5.74) is 1.92. The molecule has 14 heteroatoms. The zero-order chi connectivity index (χ0) is 26.0. The molecule has 188 valence electrons. The Bertz CT molecular complexity index is 1580. The normalized spacial score (nSPS) is 12.4. The molecule has 2 heterocycles. The molecule has 0 aliphatic rings. The topological polar surface area (TPSA) is 147 Å². The van der Waals surface area contributed by atoms with Crippen LogP contribution in [0.25, 0.3) is 11.2 Å². The van der Waals surface area contributed by atoms with Crippen molar-refractivity contribution in [2.24, 2.45) is 12.1 Å². The van der Waals surface area contributed by atoms with Crippen molar-refractivity contribution in [2.45, 2.75) is 12.6 Å². The maximum atomic E-state index is 12.6. The number of H-pyrrole nitrogens is 1. The molecule has 4 N–H and O–H groups in total. The van der Waals surface area contributed by atoms with Crippen LogP contribution in [0.1, 0.15) is 5.56 Å². The first-order valence-corrected chi connectivity index (χ1v) is 11.9. The fraction of sp³-hybridized carbons (Fsp3) is 0.182. The molecule has 0 amide bonds. The SMILES string of the molecule is Cn1c(=O)[nH]c(=O)c2c1nc(NN=Cc1cc(Br)ccc1O)n2CC(O)COc1ccc(Cl)cc1Cl. The Morgan fingerprint density at radius 1 is 1.28 bits per heavy atom. The number of ether oxygens (including phenoxy) is 1. The van der Waals surface area contributed by atoms with Crippen molar-refractivity contribution in [3.63, 3.8) is 0 Å². The Morgan fingerprint density at radius 2 is 2.06 bits per heavy atom. The second kappa shape index (κ2) is 10.7. The largest absolute Gasteiger partial charge is 0.507 e. The molecule has 11 nitrogen and oxygen atoms in total. The molecule has 1 atom stereocenters. The van der Waals surface area contributed by atoms with Crippen molar-refractivity contribution in [2.75, 3.05) is 12.0 Å². The lowest BCUT2D eigenvalue weighted by Crippen LogP contribution is -2.30. The first-order valence-electron chi connectivity index (χ1n) is 10.4. The third-order valence-electron chi connectivity index (χ3n) is 5.08. The molecule has 0 saturated carbocycles. The van der Waals surface area contributed by atoms with Crippen molar-refractivity contribution in [3.05, 3.63) is 77.3 Å². The van der Waals surface area contributed by atoms with Crippen molar-refractivity contribution in [1.29, 1.82) is 0 Å². The van der Waals surface area contributed by atoms with Crippen LogP contribution < -0.4 is 21.4 Å². The number of phenols is 1. The highest BCUT2D eigenvalue weighted by molar-refractivity contribution is 9.10. The van der Waals surface area contributed by atoms with Gasteiger partial charge in [-0.2, -0.15) is 10.1 Å². The zero-order valence-electron chi connectivity index (χ0n) is 18.6. The molecular weight excluding hydrogens is 579 g/mol. The molecule has 4 rings (SSSR count). The number of aliphatic hydroxyl groups excluding tert-OH is 1. The Balaban J connectivity index is 1.63. The van der Waals surface area contributed by atoms with Gasteiger partial charge in [-0.05, 0) is 36.4 Å². The Morgan fingerprint density at radius 3 is 2.81 bits per heavy atom. The van der Waals surface area contributed by atoms with Crippen LogP contribution in [0.4, 0.5) is 5.95 Å². The van der Waals surface area contributed by atoms with Crippen LogP contribution in [-0.2, 0) is 13.6 Å². The zero-order valence-corrected chi connectivity index (χ0v) is 21.7. The summed E-state index contributed by atoms with van der Waals surface area (Å²) < 4.78 is 8.87. The number of hydrogen-bond acceptors (Lipinski definition) is 8. The van der Waals surface area contributed by atoms with Gasteiger partial charge in [0.1, 0.15) is 24.2 Å². The number of aromatic amines is 1. The van der Waals surface area contributed by atoms with Crippen LogP contribution in [0.2, 0.25) is 10.0 Å². The Labute approximate surface area is 221 Å². The fourth-order valence-corrected chi connectivity index (χ4v) is 4.17. The number of imidazole rings is 1. The number of aliphatic hydroxyl groups is 1. The van der Waals surface area contributed by atoms with Gasteiger partial charge in [-0.15, -0.1) is 0 Å². The molecule has 0 bridgehead atoms. The molecule has 2 aromatic carbocycles. The minimum atomic E-state index is -1.11. The summed E-state index contributed by atoms with van der Waals surface area (Å²) in [5.74, 6) is 0.406. The highest BCUT2D eigenvalue weighted by atomic mass is 79.9. The first-order chi connectivity index (χ1) is 17.1. The second-order valence-electron chi connectivity index (χ2n) is 7.65. The molecule has 0 saturated heterocycles. The first kappa shape index (κ1) is 25.8. The number of fused-ring (bicyclic) bond motifs is 1. The molecule has 0 radical (unpaired) electrons. The van der Waals surface area contributed by atoms with Gasteiger partial charge in [-0.1, -0.05) is 39.1 Å². The second-order valence-corrected chi connectivity index (χ2v) is 9.41. The van der Waals surface area contributed by atoms with Gasteiger partial charge < -0.3 is 19.5 Å². The predicted molar refractivity (Wildman–Crippen MR) is 141 cm³/mol. The quantitative estimate of drug-likeness (QED) is 0.180. The summed E-state index contributed by atoms with van der Waals surface area (Å²) in [4.78, 5) is 31.2. The lowest BCUT2D eigenvalue weighted by molar-refractivity contribution is 0.0939. The van der Waals surface area contributed by atoms with Crippen LogP contribution in [0, 0.1) is 0 Å². The number of nitrogens with one attached hydrogen (secondary N) is 2. The highest BCUT2D eigenvalue weighted by Crippen LogP contribution is 2.28. The number of anilines is 1. The highest BCUT2D eigenvalue weighted by Gasteiger charge is 2.20. The van der Waals surface area contributed by atoms with Gasteiger partial charge in [0.25, 0.3) is 5.56 Å². The van der Waals surface area contributed by atoms with Crippen LogP contribution in [-0.4, -0.2) is 48.2 Å². The van der Waals surface area contributed by atoms with E-state index in [1.54, 1.807) is 24.3 Å². The lowest BCUT2D eigenvalue weighted by atomic mass is 10.2. The monoisotopic (exact) mass is 596 g/mol. The van der Waals surface area contributed by atoms with E-state index in [0.717, 1.165) is 4.47 Å². The van der Waals surface area contributed by atoms with E-state index in [1.807, 2.05) is 0 Å². The van der Waals surface area contributed by atoms with Crippen molar-refractivity contribution in [3.8, 4) is 11.5 Å². The maximum Gasteiger partial charge on any atom is 0.329 e. The number of hydrazone groups is 1. The summed E-state index contributed by atoms with van der Waals surface area (Å²) >= 11 is 15.3. The molecular formula is C22H19BrCl2N6O5. The molecule has 2 aromatic heterocycles. The number of rotatable bonds is 8. The average Bonchev–Trinajstić information content (AvgIpc) is 3.18. The van der Waals surface area contributed by atoms with Gasteiger partial charge in [-0.25, -0.2) is 10.2 Å². The fourth-order valence-electron chi connectivity index (χ4n) is 3.33. The third-order valence-corrected chi connectivity index (χ3v) is 6.11. The van der Waals surface area contributed by atoms with Crippen LogP contribution in [0.15, 0.2) is 55.6 Å². The minimum absolute atomic E-state index is 0.00419. The number of aromatic nitrogens is 4. The van der Waals surface area contributed by atoms with Crippen LogP contribution >= 0.6 is 39.1 Å². The molecule has 0 fully saturated rings. The Hall–Kier alpha value is -3.32. The van der Waals surface area contributed by atoms with Gasteiger partial charge in [0, 0.05) is 22.1 Å². The van der Waals surface area contributed by atoms with E-state index < -0.39 is 17.4 Å². The summed E-state index contributed by atoms with van der Waals surface area (Å²) in [5, 5.41) is 25.5. The van der Waals surface area contributed by atoms with Gasteiger partial charge in [0.05, 0.1) is 17.8 Å². The van der Waals surface area contributed by atoms with Crippen LogP contribution in [0.3, 0.4) is 0 Å². The van der Waals surface area contributed by atoms with Crippen molar-refractivity contribution >= 4 is 62.5 Å². The van der Waals surface area contributed by atoms with Gasteiger partial charge in [-0.3, -0.25) is 14.3 Å². The molecule has 0 aliphatic carbocycles. The Kier molecular flexibility index (Phi) is 7.69. The van der Waals surface area contributed by atoms with Gasteiger partial charge in [0.15, 0.2) is 11.2 Å². The van der Waals surface area contributed by atoms with E-state index >= 15 is 0 Å². The minimum Gasteiger partial charge on any atom is -0.507 e. The number of nitrogens with zero attached hydrogens (tertiary/aromatic N) is 4. The number of aromatic hydroxyl groups is 1. The van der Waals surface area contributed by atoms with Crippen molar-refractivity contribution < 1.29 is 14.9 Å². The summed E-state index contributed by atoms with van der Waals surface area (Å²) in [7, 11) is 1.45. The van der Waals surface area contributed by atoms with Crippen molar-refractivity contribution in [1.82, 2.24) is 19.1 Å². The summed E-state index contributed by atoms with van der Waals surface area (Å²) in [6.45, 7) is -0.303. The lowest BCUT2D eigenvalue weighted by Gasteiger charge is -2.15. The van der Waals surface area contributed by atoms with Gasteiger partial charge >= 0.3 is 5.69 Å². The van der Waals surface area contributed by atoms with E-state index in [9.17, 15) is 19.8 Å². The number of aryl methyl sites for hydroxylation is 1. The number of halogens is 3. The molecule has 0 spiro atoms. The standard InChI is InChI=1S/C22H19BrCl2N6O5/c1-30-19-18(20(34)28-22(30)35)31(9-14(32)10-36-17-5-3-13(24)7-15(17)25)21(27-19)29-26-8-11-6-12(23)2-4-16(11)33/h2-8,14,32-33H,9-10H2,1H3,(H,27,29)(H,28,34,35). The van der Waals surface area contributed by atoms with E-state index in [4.69, 9.17) is 27.9 Å². The molecule has 4 aromatic rings. The van der Waals surface area contributed by atoms with E-state index in [2.05, 4.69) is 36.4 Å². The predicted octanol–water partition coefficient (Wildman–Crippen LogP) is 3.08. The van der Waals surface area contributed by atoms with Gasteiger partial charge in [0.2, 0.25) is 5.95 Å². The smallest absolute Gasteiger partial charge is 0.329 e.